The Morgan fingerprint density at radius 2 is 1.79 bits per heavy atom. The molecule has 1 saturated carbocycles. The molecule has 1 unspecified atom stereocenters. The Balaban J connectivity index is 1.55. The molecule has 1 fully saturated rings. The second-order valence-corrected chi connectivity index (χ2v) is 14.6. The monoisotopic (exact) mass is 670 g/mol. The van der Waals surface area contributed by atoms with E-state index in [0.717, 1.165) is 25.0 Å². The minimum Gasteiger partial charge on any atom is -0.465 e. The van der Waals surface area contributed by atoms with E-state index in [4.69, 9.17) is 9.84 Å². The molecule has 1 aliphatic carbocycles. The second kappa shape index (κ2) is 12.6. The van der Waals surface area contributed by atoms with Gasteiger partial charge in [-0.15, -0.1) is 0 Å². The van der Waals surface area contributed by atoms with Gasteiger partial charge in [0.1, 0.15) is 17.1 Å². The van der Waals surface area contributed by atoms with E-state index < -0.39 is 31.2 Å². The number of pyridine rings is 2. The Hall–Kier alpha value is -4.94. The number of nitrogens with one attached hydrogen (secondary N) is 1. The van der Waals surface area contributed by atoms with Crippen LogP contribution in [0.1, 0.15) is 59.0 Å². The number of nitrogens with zero attached hydrogens (tertiary/aromatic N) is 4. The van der Waals surface area contributed by atoms with Gasteiger partial charge < -0.3 is 10.1 Å². The Kier molecular flexibility index (Phi) is 8.65. The van der Waals surface area contributed by atoms with Crippen LogP contribution in [0.25, 0.3) is 27.9 Å². The van der Waals surface area contributed by atoms with Gasteiger partial charge in [-0.3, -0.25) is 9.78 Å². The van der Waals surface area contributed by atoms with Crippen LogP contribution < -0.4 is 9.21 Å². The zero-order valence-corrected chi connectivity index (χ0v) is 28.1. The molecule has 248 valence electrons. The highest BCUT2D eigenvalue weighted by Gasteiger charge is 2.47. The van der Waals surface area contributed by atoms with Crippen LogP contribution in [-0.4, -0.2) is 61.9 Å². The number of esters is 1. The summed E-state index contributed by atoms with van der Waals surface area (Å²) >= 11 is 0. The number of quaternary nitrogens is 1. The number of carbonyl (C=O) groups excluding carboxylic acids is 2. The van der Waals surface area contributed by atoms with Crippen molar-refractivity contribution in [3.63, 3.8) is 0 Å². The van der Waals surface area contributed by atoms with E-state index >= 15 is 0 Å². The molecular weight excluding hydrogens is 633 g/mol. The molecule has 10 nitrogen and oxygen atoms in total. The highest BCUT2D eigenvalue weighted by atomic mass is 32.2. The van der Waals surface area contributed by atoms with Gasteiger partial charge in [0, 0.05) is 22.9 Å². The van der Waals surface area contributed by atoms with E-state index in [2.05, 4.69) is 10.3 Å². The summed E-state index contributed by atoms with van der Waals surface area (Å²) in [6, 6.07) is 19.9. The standard InChI is InChI=1S/C36H36FN5O5S/c1-5-6-20-42(2,48(4,45)46)30-23-41-29(32(35(44)47-3)33(40-41)24-13-15-27(37)16-14-24)22-28(30)25-10-9-11-26(21-25)34(43)39-36(17-18-36)31-12-7-8-19-38-31/h7-16,19,21-23H,5-6,17-18,20H2,1-4H3/p+1. The molecule has 1 atom stereocenters. The number of aromatic nitrogens is 3. The van der Waals surface area contributed by atoms with Gasteiger partial charge in [-0.1, -0.05) is 31.5 Å². The number of hydrogen-bond donors (Lipinski definition) is 1. The molecule has 0 aliphatic heterocycles. The summed E-state index contributed by atoms with van der Waals surface area (Å²) < 4.78 is 47.2. The number of methoxy groups -OCH3 is 1. The minimum atomic E-state index is -3.77. The van der Waals surface area contributed by atoms with Crippen molar-refractivity contribution in [1.29, 1.82) is 0 Å². The van der Waals surface area contributed by atoms with Crippen LogP contribution in [0, 0.1) is 5.82 Å². The van der Waals surface area contributed by atoms with Crippen molar-refractivity contribution in [1.82, 2.24) is 23.8 Å². The van der Waals surface area contributed by atoms with Gasteiger partial charge in [0.05, 0.1) is 49.9 Å². The van der Waals surface area contributed by atoms with Crippen molar-refractivity contribution in [3.05, 3.63) is 108 Å². The lowest BCUT2D eigenvalue weighted by Crippen LogP contribution is -2.50. The normalized spacial score (nSPS) is 15.1. The lowest BCUT2D eigenvalue weighted by molar-refractivity contribution is 0.0603. The molecule has 12 heteroatoms. The lowest BCUT2D eigenvalue weighted by Gasteiger charge is -2.32. The van der Waals surface area contributed by atoms with E-state index in [1.807, 2.05) is 25.1 Å². The van der Waals surface area contributed by atoms with E-state index in [0.29, 0.717) is 39.9 Å². The molecule has 1 N–H and O–H groups in total. The molecule has 1 amide bonds. The van der Waals surface area contributed by atoms with Gasteiger partial charge in [0.2, 0.25) is 0 Å². The summed E-state index contributed by atoms with van der Waals surface area (Å²) in [5.41, 5.74) is 3.37. The van der Waals surface area contributed by atoms with Crippen molar-refractivity contribution >= 4 is 33.1 Å². The third-order valence-electron chi connectivity index (χ3n) is 9.13. The fourth-order valence-corrected chi connectivity index (χ4v) is 7.02. The minimum absolute atomic E-state index is 0.138. The van der Waals surface area contributed by atoms with Crippen LogP contribution in [0.3, 0.4) is 0 Å². The maximum atomic E-state index is 13.8. The lowest BCUT2D eigenvalue weighted by atomic mass is 9.99. The van der Waals surface area contributed by atoms with Gasteiger partial charge in [-0.25, -0.2) is 13.7 Å². The molecular formula is C36H37FN5O5S+. The number of benzene rings is 2. The first kappa shape index (κ1) is 33.0. The van der Waals surface area contributed by atoms with Crippen LogP contribution in [0.4, 0.5) is 10.1 Å². The van der Waals surface area contributed by atoms with E-state index in [9.17, 15) is 22.4 Å². The molecule has 1 aliphatic rings. The van der Waals surface area contributed by atoms with Crippen LogP contribution in [-0.2, 0) is 20.3 Å². The number of unbranched alkanes of at least 4 members (excludes halogenated alkanes) is 1. The van der Waals surface area contributed by atoms with Gasteiger partial charge in [0.25, 0.3) is 15.9 Å². The van der Waals surface area contributed by atoms with E-state index in [1.165, 1.54) is 42.1 Å². The molecule has 5 aromatic rings. The molecule has 2 aromatic carbocycles. The molecule has 0 saturated heterocycles. The molecule has 3 heterocycles. The number of halogens is 1. The summed E-state index contributed by atoms with van der Waals surface area (Å²) in [5.74, 6) is -1.39. The first-order valence-electron chi connectivity index (χ1n) is 15.7. The van der Waals surface area contributed by atoms with Crippen LogP contribution >= 0.6 is 0 Å². The Morgan fingerprint density at radius 3 is 2.42 bits per heavy atom. The number of ether oxygens (including phenoxy) is 1. The maximum Gasteiger partial charge on any atom is 0.342 e. The average molecular weight is 671 g/mol. The van der Waals surface area contributed by atoms with Crippen molar-refractivity contribution in [2.45, 2.75) is 38.1 Å². The third-order valence-corrected chi connectivity index (χ3v) is 11.0. The summed E-state index contributed by atoms with van der Waals surface area (Å²) in [6.07, 6.45) is 7.44. The molecule has 0 radical (unpaired) electrons. The smallest absolute Gasteiger partial charge is 0.342 e. The zero-order valence-electron chi connectivity index (χ0n) is 27.2. The molecule has 0 bridgehead atoms. The van der Waals surface area contributed by atoms with Gasteiger partial charge in [-0.05, 0) is 79.4 Å². The molecule has 0 spiro atoms. The number of sulfonamides is 1. The first-order valence-corrected chi connectivity index (χ1v) is 17.6. The number of rotatable bonds is 11. The topological polar surface area (TPSA) is 120 Å². The molecule has 6 rings (SSSR count). The Bertz CT molecular complexity index is 2130. The molecule has 3 aromatic heterocycles. The average Bonchev–Trinajstić information content (AvgIpc) is 3.78. The van der Waals surface area contributed by atoms with Crippen molar-refractivity contribution in [2.75, 3.05) is 27.0 Å². The number of amides is 1. The maximum absolute atomic E-state index is 13.8. The van der Waals surface area contributed by atoms with Crippen molar-refractivity contribution in [2.24, 2.45) is 0 Å². The number of hydrogen-bond acceptors (Lipinski definition) is 7. The van der Waals surface area contributed by atoms with Gasteiger partial charge in [0.15, 0.2) is 5.69 Å². The predicted molar refractivity (Wildman–Crippen MR) is 182 cm³/mol. The Labute approximate surface area is 278 Å². The quantitative estimate of drug-likeness (QED) is 0.133. The summed E-state index contributed by atoms with van der Waals surface area (Å²) in [4.78, 5) is 31.4. The highest BCUT2D eigenvalue weighted by molar-refractivity contribution is 7.90. The van der Waals surface area contributed by atoms with Crippen molar-refractivity contribution in [3.8, 4) is 22.4 Å². The summed E-state index contributed by atoms with van der Waals surface area (Å²) in [6.45, 7) is 2.26. The summed E-state index contributed by atoms with van der Waals surface area (Å²) in [7, 11) is -0.864. The predicted octanol–water partition coefficient (Wildman–Crippen LogP) is 6.10. The first-order chi connectivity index (χ1) is 22.9. The highest BCUT2D eigenvalue weighted by Crippen LogP contribution is 2.45. The fraction of sp³-hybridized carbons (Fsp3) is 0.278. The SMILES string of the molecule is CCCC[N+](C)(c1cn2nc(-c3ccc(F)cc3)c(C(=O)OC)c2cc1-c1cccc(C(=O)NC2(c3ccccn3)CC2)c1)S(C)(=O)=O. The molecule has 48 heavy (non-hydrogen) atoms. The third kappa shape index (κ3) is 5.97. The summed E-state index contributed by atoms with van der Waals surface area (Å²) in [5, 5.41) is 7.85. The van der Waals surface area contributed by atoms with Crippen LogP contribution in [0.15, 0.2) is 85.2 Å². The van der Waals surface area contributed by atoms with Gasteiger partial charge >= 0.3 is 5.97 Å². The van der Waals surface area contributed by atoms with Crippen LogP contribution in [0.5, 0.6) is 0 Å². The number of carbonyl (C=O) groups is 2. The fourth-order valence-electron chi connectivity index (χ4n) is 6.06. The van der Waals surface area contributed by atoms with E-state index in [-0.39, 0.29) is 23.7 Å². The Morgan fingerprint density at radius 1 is 1.04 bits per heavy atom. The second-order valence-electron chi connectivity index (χ2n) is 12.4. The van der Waals surface area contributed by atoms with Crippen molar-refractivity contribution < 1.29 is 27.1 Å². The zero-order chi connectivity index (χ0) is 34.3. The van der Waals surface area contributed by atoms with Crippen LogP contribution in [0.2, 0.25) is 0 Å². The number of fused-ring (bicyclic) bond motifs is 1. The van der Waals surface area contributed by atoms with Gasteiger partial charge in [-0.2, -0.15) is 17.4 Å². The largest absolute Gasteiger partial charge is 0.465 e. The van der Waals surface area contributed by atoms with E-state index in [1.54, 1.807) is 49.8 Å².